The first-order valence-corrected chi connectivity index (χ1v) is 5.75. The van der Waals surface area contributed by atoms with Crippen molar-refractivity contribution in [2.75, 3.05) is 0 Å². The maximum absolute atomic E-state index is 8.80. The van der Waals surface area contributed by atoms with Gasteiger partial charge >= 0.3 is 0 Å². The maximum Gasteiger partial charge on any atom is 0.0636 e. The van der Waals surface area contributed by atoms with Crippen molar-refractivity contribution < 1.29 is 16.4 Å². The third-order valence-corrected chi connectivity index (χ3v) is 3.38. The molecule has 0 spiro atoms. The van der Waals surface area contributed by atoms with E-state index in [1.165, 1.54) is 0 Å². The van der Waals surface area contributed by atoms with Gasteiger partial charge in [0.15, 0.2) is 0 Å². The van der Waals surface area contributed by atoms with Crippen molar-refractivity contribution in [1.82, 2.24) is 0 Å². The fourth-order valence-corrected chi connectivity index (χ4v) is 2.59. The highest BCUT2D eigenvalue weighted by molar-refractivity contribution is 6.18. The van der Waals surface area contributed by atoms with Crippen LogP contribution in [-0.2, 0) is 6.37 Å². The Morgan fingerprint density at radius 2 is 1.63 bits per heavy atom. The van der Waals surface area contributed by atoms with Crippen LogP contribution in [-0.4, -0.2) is 0 Å². The topological polar surface area (TPSA) is 0 Å². The first-order chi connectivity index (χ1) is 14.4. The molecule has 0 heteroatoms. The first kappa shape index (κ1) is 3.83. The predicted molar refractivity (Wildman–Crippen MR) is 81.8 cm³/mol. The summed E-state index contributed by atoms with van der Waals surface area (Å²) in [6.45, 7) is 0. The van der Waals surface area contributed by atoms with Gasteiger partial charge in [0.1, 0.15) is 0 Å². The zero-order valence-electron chi connectivity index (χ0n) is 21.5. The third kappa shape index (κ3) is 1.09. The van der Waals surface area contributed by atoms with Gasteiger partial charge in [-0.1, -0.05) is 54.4 Å². The minimum absolute atomic E-state index is 0.000491. The molecule has 5 rings (SSSR count). The Morgan fingerprint density at radius 1 is 0.789 bits per heavy atom. The zero-order chi connectivity index (χ0) is 22.9. The van der Waals surface area contributed by atoms with Gasteiger partial charge in [-0.2, -0.15) is 0 Å². The molecule has 0 N–H and O–H groups in total. The average Bonchev–Trinajstić information content (AvgIpc) is 2.94. The number of rotatable bonds is 0. The molecule has 0 heterocycles. The highest BCUT2D eigenvalue weighted by atomic mass is 14.2. The lowest BCUT2D eigenvalue weighted by Crippen LogP contribution is -1.84. The molecule has 4 aromatic rings. The van der Waals surface area contributed by atoms with Gasteiger partial charge in [-0.3, -0.25) is 0 Å². The van der Waals surface area contributed by atoms with Crippen LogP contribution in [0.2, 0.25) is 0 Å². The highest BCUT2D eigenvalue weighted by Gasteiger charge is 2.18. The molecule has 0 nitrogen and oxygen atoms in total. The predicted octanol–water partition coefficient (Wildman–Crippen LogP) is 5.05. The van der Waals surface area contributed by atoms with Crippen molar-refractivity contribution in [3.8, 4) is 0 Å². The van der Waals surface area contributed by atoms with E-state index in [-0.39, 0.29) is 43.4 Å². The summed E-state index contributed by atoms with van der Waals surface area (Å²) in [6, 6.07) is -5.35. The maximum atomic E-state index is 8.80. The van der Waals surface area contributed by atoms with E-state index < -0.39 is 66.8 Å². The van der Waals surface area contributed by atoms with Crippen molar-refractivity contribution in [3.63, 3.8) is 0 Å². The number of benzene rings is 4. The monoisotopic (exact) mass is 252 g/mol. The molecule has 1 aliphatic carbocycles. The molecule has 88 valence electrons. The molecular weight excluding hydrogens is 228 g/mol. The van der Waals surface area contributed by atoms with E-state index in [2.05, 4.69) is 0 Å². The van der Waals surface area contributed by atoms with E-state index in [9.17, 15) is 0 Å². The molecule has 0 aliphatic heterocycles. The molecule has 1 aliphatic rings. The second-order valence-corrected chi connectivity index (χ2v) is 4.38. The van der Waals surface area contributed by atoms with E-state index in [0.717, 1.165) is 0 Å². The molecule has 0 fully saturated rings. The molecule has 0 unspecified atom stereocenters. The Bertz CT molecular complexity index is 1550. The summed E-state index contributed by atoms with van der Waals surface area (Å²) in [5.41, 5.74) is -0.496. The van der Waals surface area contributed by atoms with Crippen LogP contribution in [0.25, 0.3) is 32.3 Å². The summed E-state index contributed by atoms with van der Waals surface area (Å²) in [5, 5.41) is -0.827. The summed E-state index contributed by atoms with van der Waals surface area (Å²) >= 11 is 0. The van der Waals surface area contributed by atoms with Gasteiger partial charge in [0.2, 0.25) is 0 Å². The third-order valence-electron chi connectivity index (χ3n) is 3.38. The number of hydrogen-bond acceptors (Lipinski definition) is 0. The van der Waals surface area contributed by atoms with E-state index in [1.54, 1.807) is 0 Å². The summed E-state index contributed by atoms with van der Waals surface area (Å²) < 4.78 is 100. The van der Waals surface area contributed by atoms with Gasteiger partial charge < -0.3 is 0 Å². The van der Waals surface area contributed by atoms with Crippen molar-refractivity contribution in [2.45, 2.75) is 6.37 Å². The molecule has 0 aromatic heterocycles. The van der Waals surface area contributed by atoms with Gasteiger partial charge in [0.25, 0.3) is 0 Å². The van der Waals surface area contributed by atoms with E-state index in [0.29, 0.717) is 0 Å². The van der Waals surface area contributed by atoms with Crippen LogP contribution in [0.5, 0.6) is 0 Å². The lowest BCUT2D eigenvalue weighted by molar-refractivity contribution is 1.29. The number of fused-ring (bicyclic) bond motifs is 2. The molecule has 0 saturated heterocycles. The quantitative estimate of drug-likeness (QED) is 0.303. The van der Waals surface area contributed by atoms with E-state index >= 15 is 0 Å². The summed E-state index contributed by atoms with van der Waals surface area (Å²) in [6.07, 6.45) is -2.50. The summed E-state index contributed by atoms with van der Waals surface area (Å²) in [7, 11) is 0. The molecule has 0 amide bonds. The smallest absolute Gasteiger partial charge is 0.0616 e. The van der Waals surface area contributed by atoms with Crippen LogP contribution in [0.4, 0.5) is 0 Å². The standard InChI is InChI=1S/C19H12/c1-2-7-16-13(4-1)10-15-9-8-12-5-3-6-14-11-17(16)19(15)18(12)14/h1-10H,11H2/i1D,2D,3D,4D,5D,6D,7D,8D,9D,10D,11D2. The summed E-state index contributed by atoms with van der Waals surface area (Å²) in [4.78, 5) is 0. The van der Waals surface area contributed by atoms with Crippen molar-refractivity contribution >= 4 is 32.3 Å². The minimum Gasteiger partial charge on any atom is -0.0616 e. The van der Waals surface area contributed by atoms with Crippen LogP contribution in [0.15, 0.2) is 60.4 Å². The second-order valence-electron chi connectivity index (χ2n) is 4.38. The first-order valence-electron chi connectivity index (χ1n) is 11.8. The van der Waals surface area contributed by atoms with Crippen molar-refractivity contribution in [1.29, 1.82) is 0 Å². The molecule has 0 saturated carbocycles. The van der Waals surface area contributed by atoms with E-state index in [4.69, 9.17) is 16.4 Å². The molecule has 0 radical (unpaired) electrons. The average molecular weight is 252 g/mol. The van der Waals surface area contributed by atoms with Gasteiger partial charge in [-0.05, 0) is 55.9 Å². The van der Waals surface area contributed by atoms with Gasteiger partial charge in [-0.25, -0.2) is 0 Å². The minimum atomic E-state index is -2.50. The van der Waals surface area contributed by atoms with Crippen LogP contribution < -0.4 is 0 Å². The van der Waals surface area contributed by atoms with Gasteiger partial charge in [0, 0.05) is 2.74 Å². The Hall–Kier alpha value is -2.34. The lowest BCUT2D eigenvalue weighted by Gasteiger charge is -2.07. The van der Waals surface area contributed by atoms with Crippen LogP contribution in [0, 0.1) is 0 Å². The molecule has 4 aromatic carbocycles. The van der Waals surface area contributed by atoms with Crippen molar-refractivity contribution in [2.24, 2.45) is 0 Å². The molecule has 0 atom stereocenters. The zero-order valence-corrected chi connectivity index (χ0v) is 9.50. The van der Waals surface area contributed by atoms with Crippen molar-refractivity contribution in [3.05, 3.63) is 71.6 Å². The summed E-state index contributed by atoms with van der Waals surface area (Å²) in [5.74, 6) is 0. The molecular formula is C19H12. The Balaban J connectivity index is 2.30. The molecule has 0 bridgehead atoms. The Kier molecular flexibility index (Phi) is 0.636. The fraction of sp³-hybridized carbons (Fsp3) is 0.0526. The van der Waals surface area contributed by atoms with E-state index in [1.807, 2.05) is 0 Å². The Labute approximate surface area is 128 Å². The fourth-order valence-electron chi connectivity index (χ4n) is 2.59. The van der Waals surface area contributed by atoms with Crippen LogP contribution in [0.3, 0.4) is 0 Å². The normalized spacial score (nSPS) is 24.6. The van der Waals surface area contributed by atoms with Gasteiger partial charge in [-0.15, -0.1) is 0 Å². The lowest BCUT2D eigenvalue weighted by atomic mass is 9.97. The largest absolute Gasteiger partial charge is 0.0636 e. The second kappa shape index (κ2) is 3.16. The Morgan fingerprint density at radius 3 is 2.63 bits per heavy atom. The van der Waals surface area contributed by atoms with Crippen LogP contribution >= 0.6 is 0 Å². The highest BCUT2D eigenvalue weighted by Crippen LogP contribution is 2.41. The van der Waals surface area contributed by atoms with Gasteiger partial charge in [0.05, 0.1) is 13.7 Å². The SMILES string of the molecule is [2H]c1c([2H])c([2H])c2c3c4c(c([2H])c([2H])c5c([2H])c([2H])c([2H])c(c54)C3([2H])[2H])c([2H])c2c1[2H]. The molecule has 19 heavy (non-hydrogen) atoms. The van der Waals surface area contributed by atoms with Crippen LogP contribution in [0.1, 0.15) is 27.6 Å². The number of hydrogen-bond donors (Lipinski definition) is 0.